The van der Waals surface area contributed by atoms with Crippen molar-refractivity contribution in [3.63, 3.8) is 0 Å². The third-order valence-corrected chi connectivity index (χ3v) is 10.8. The predicted octanol–water partition coefficient (Wildman–Crippen LogP) is 3.94. The molecule has 1 aromatic heterocycles. The molecule has 282 valence electrons. The van der Waals surface area contributed by atoms with Crippen LogP contribution in [0.1, 0.15) is 64.5 Å². The summed E-state index contributed by atoms with van der Waals surface area (Å²) in [5.41, 5.74) is 0.758. The van der Waals surface area contributed by atoms with Gasteiger partial charge in [0.2, 0.25) is 17.7 Å². The summed E-state index contributed by atoms with van der Waals surface area (Å²) < 4.78 is 14.6. The fraction of sp³-hybridized carbons (Fsp3) is 0.500. The second-order valence-electron chi connectivity index (χ2n) is 14.8. The largest absolute Gasteiger partial charge is 0.455 e. The number of nitrogens with zero attached hydrogens (tertiary/aromatic N) is 5. The fourth-order valence-corrected chi connectivity index (χ4v) is 8.52. The Morgan fingerprint density at radius 1 is 1.11 bits per heavy atom. The number of esters is 1. The number of nitrogens with one attached hydrogen (secondary N) is 1. The summed E-state index contributed by atoms with van der Waals surface area (Å²) in [6.45, 7) is 13.1. The number of aromatic nitrogens is 3. The lowest BCUT2D eigenvalue weighted by molar-refractivity contribution is -0.163. The Balaban J connectivity index is 1.34. The van der Waals surface area contributed by atoms with Crippen LogP contribution in [0.3, 0.4) is 0 Å². The van der Waals surface area contributed by atoms with Gasteiger partial charge in [0.25, 0.3) is 0 Å². The average Bonchev–Trinajstić information content (AvgIpc) is 3.91. The van der Waals surface area contributed by atoms with E-state index < -0.39 is 65.6 Å². The van der Waals surface area contributed by atoms with Crippen molar-refractivity contribution >= 4 is 34.7 Å². The van der Waals surface area contributed by atoms with Gasteiger partial charge in [-0.2, -0.15) is 0 Å². The maximum atomic E-state index is 15.0. The summed E-state index contributed by atoms with van der Waals surface area (Å²) in [6, 6.07) is 14.2. The van der Waals surface area contributed by atoms with Crippen molar-refractivity contribution in [2.45, 2.75) is 95.5 Å². The van der Waals surface area contributed by atoms with Crippen LogP contribution in [0, 0.1) is 17.8 Å². The minimum atomic E-state index is -1.33. The molecule has 13 heteroatoms. The summed E-state index contributed by atoms with van der Waals surface area (Å²) in [7, 11) is 0. The molecular formula is C40H50N6O7. The molecule has 4 heterocycles. The molecule has 3 fully saturated rings. The Kier molecular flexibility index (Phi) is 11.4. The molecule has 3 aromatic rings. The van der Waals surface area contributed by atoms with E-state index in [0.29, 0.717) is 36.8 Å². The molecule has 0 unspecified atom stereocenters. The predicted molar refractivity (Wildman–Crippen MR) is 197 cm³/mol. The molecule has 3 aliphatic rings. The number of aliphatic hydroxyl groups excluding tert-OH is 1. The topological polar surface area (TPSA) is 156 Å². The van der Waals surface area contributed by atoms with Crippen molar-refractivity contribution in [2.24, 2.45) is 17.8 Å². The van der Waals surface area contributed by atoms with Gasteiger partial charge >= 0.3 is 5.97 Å². The Hall–Kier alpha value is -4.88. The van der Waals surface area contributed by atoms with Gasteiger partial charge in [0.15, 0.2) is 0 Å². The molecule has 13 nitrogen and oxygen atoms in total. The van der Waals surface area contributed by atoms with E-state index in [2.05, 4.69) is 28.8 Å². The number of rotatable bonds is 17. The van der Waals surface area contributed by atoms with E-state index in [1.54, 1.807) is 28.7 Å². The van der Waals surface area contributed by atoms with E-state index in [0.717, 1.165) is 5.52 Å². The fourth-order valence-electron chi connectivity index (χ4n) is 8.52. The Morgan fingerprint density at radius 3 is 2.55 bits per heavy atom. The smallest absolute Gasteiger partial charge is 0.313 e. The minimum absolute atomic E-state index is 0.0304. The summed E-state index contributed by atoms with van der Waals surface area (Å²) in [6.07, 6.45) is 3.74. The van der Waals surface area contributed by atoms with Crippen molar-refractivity contribution < 1.29 is 33.8 Å². The minimum Gasteiger partial charge on any atom is -0.455 e. The lowest BCUT2D eigenvalue weighted by atomic mass is 9.70. The molecule has 8 atom stereocenters. The van der Waals surface area contributed by atoms with Crippen molar-refractivity contribution in [1.29, 1.82) is 0 Å². The molecule has 3 amide bonds. The first kappa shape index (κ1) is 37.9. The lowest BCUT2D eigenvalue weighted by Gasteiger charge is -2.39. The number of fused-ring (bicyclic) bond motifs is 2. The zero-order chi connectivity index (χ0) is 37.9. The first-order chi connectivity index (χ1) is 25.5. The molecule has 3 aliphatic heterocycles. The van der Waals surface area contributed by atoms with Crippen molar-refractivity contribution in [2.75, 3.05) is 13.2 Å². The number of hydrogen-bond acceptors (Lipinski definition) is 9. The number of hydrogen-bond donors (Lipinski definition) is 2. The zero-order valence-corrected chi connectivity index (χ0v) is 30.7. The molecule has 0 aliphatic carbocycles. The number of ether oxygens (including phenoxy) is 2. The highest BCUT2D eigenvalue weighted by atomic mass is 16.6. The van der Waals surface area contributed by atoms with E-state index in [1.165, 1.54) is 4.90 Å². The van der Waals surface area contributed by atoms with Crippen LogP contribution in [0.25, 0.3) is 11.0 Å². The van der Waals surface area contributed by atoms with Gasteiger partial charge in [-0.25, -0.2) is 4.68 Å². The number of likely N-dealkylation sites (tertiary alicyclic amines) is 1. The maximum Gasteiger partial charge on any atom is 0.313 e. The number of amides is 3. The SMILES string of the molecule is C=CCCC(=O)N[C@H](C)[C@@H](OC(=O)[C@@H]1[C@@H]2CC[C@]3(O2)[C@H](C(=O)N(CC=C)Cn2nnc4ccccc42)N([C@@H](CO)CC(C)C)C(=O)[C@@H]13)c1ccccc1. The number of aliphatic hydroxyl groups is 1. The highest BCUT2D eigenvalue weighted by Gasteiger charge is 2.75. The van der Waals surface area contributed by atoms with E-state index >= 15 is 0 Å². The van der Waals surface area contributed by atoms with Gasteiger partial charge in [0.05, 0.1) is 42.1 Å². The highest BCUT2D eigenvalue weighted by Crippen LogP contribution is 2.59. The highest BCUT2D eigenvalue weighted by molar-refractivity contribution is 5.98. The Labute approximate surface area is 310 Å². The molecule has 2 aromatic carbocycles. The number of allylic oxidation sites excluding steroid dienone is 1. The number of carbonyl (C=O) groups is 4. The van der Waals surface area contributed by atoms with Gasteiger partial charge < -0.3 is 29.7 Å². The van der Waals surface area contributed by atoms with Crippen LogP contribution in [0.15, 0.2) is 79.9 Å². The molecule has 0 saturated carbocycles. The second-order valence-corrected chi connectivity index (χ2v) is 14.8. The number of para-hydroxylation sites is 1. The Bertz CT molecular complexity index is 1830. The standard InChI is InChI=1S/C40H50N6O7/c1-6-8-18-32(48)41-26(5)35(27-14-10-9-11-15-27)52-39(51)33-31-19-20-40(53-31)34(33)37(49)46(28(23-47)22-25(3)4)36(40)38(50)44(21-7-2)24-45-30-17-13-12-16-29(30)42-43-45/h6-7,9-17,25-26,28,31,33-36,47H,1-2,8,18-24H2,3-5H3,(H,41,48)/t26-,28-,31+,33-,34-,35-,36+,40-/m1/s1. The Morgan fingerprint density at radius 2 is 1.85 bits per heavy atom. The van der Waals surface area contributed by atoms with Crippen molar-refractivity contribution in [1.82, 2.24) is 30.1 Å². The normalized spacial score (nSPS) is 24.8. The van der Waals surface area contributed by atoms with Crippen LogP contribution in [-0.4, -0.2) is 96.6 Å². The maximum absolute atomic E-state index is 15.0. The number of benzene rings is 2. The van der Waals surface area contributed by atoms with Gasteiger partial charge in [-0.3, -0.25) is 19.2 Å². The zero-order valence-electron chi connectivity index (χ0n) is 30.7. The summed E-state index contributed by atoms with van der Waals surface area (Å²) in [4.78, 5) is 60.1. The molecule has 1 spiro atoms. The van der Waals surface area contributed by atoms with Crippen molar-refractivity contribution in [3.05, 3.63) is 85.5 Å². The average molecular weight is 727 g/mol. The van der Waals surface area contributed by atoms with Crippen LogP contribution in [0.4, 0.5) is 0 Å². The monoisotopic (exact) mass is 726 g/mol. The summed E-state index contributed by atoms with van der Waals surface area (Å²) in [5, 5.41) is 22.2. The van der Waals surface area contributed by atoms with Gasteiger partial charge in [0, 0.05) is 13.0 Å². The van der Waals surface area contributed by atoms with Gasteiger partial charge in [0.1, 0.15) is 29.9 Å². The third-order valence-electron chi connectivity index (χ3n) is 10.8. The van der Waals surface area contributed by atoms with Gasteiger partial charge in [-0.1, -0.05) is 73.7 Å². The summed E-state index contributed by atoms with van der Waals surface area (Å²) in [5.74, 6) is -3.58. The van der Waals surface area contributed by atoms with Crippen LogP contribution in [0.5, 0.6) is 0 Å². The van der Waals surface area contributed by atoms with Crippen LogP contribution in [0.2, 0.25) is 0 Å². The van der Waals surface area contributed by atoms with Gasteiger partial charge in [-0.15, -0.1) is 18.3 Å². The number of carbonyl (C=O) groups excluding carboxylic acids is 4. The van der Waals surface area contributed by atoms with Crippen molar-refractivity contribution in [3.8, 4) is 0 Å². The lowest BCUT2D eigenvalue weighted by Crippen LogP contribution is -2.59. The molecule has 3 saturated heterocycles. The second kappa shape index (κ2) is 16.0. The molecular weight excluding hydrogens is 676 g/mol. The van der Waals surface area contributed by atoms with Gasteiger partial charge in [-0.05, 0) is 56.2 Å². The first-order valence-electron chi connectivity index (χ1n) is 18.5. The van der Waals surface area contributed by atoms with E-state index in [-0.39, 0.29) is 38.1 Å². The first-order valence-corrected chi connectivity index (χ1v) is 18.5. The molecule has 0 radical (unpaired) electrons. The van der Waals surface area contributed by atoms with Crippen LogP contribution < -0.4 is 5.32 Å². The van der Waals surface area contributed by atoms with E-state index in [1.807, 2.05) is 68.4 Å². The summed E-state index contributed by atoms with van der Waals surface area (Å²) >= 11 is 0. The third kappa shape index (κ3) is 7.24. The molecule has 53 heavy (non-hydrogen) atoms. The van der Waals surface area contributed by atoms with E-state index in [9.17, 15) is 24.3 Å². The quantitative estimate of drug-likeness (QED) is 0.155. The molecule has 6 rings (SSSR count). The molecule has 2 N–H and O–H groups in total. The van der Waals surface area contributed by atoms with Crippen LogP contribution >= 0.6 is 0 Å². The van der Waals surface area contributed by atoms with E-state index in [4.69, 9.17) is 9.47 Å². The van der Waals surface area contributed by atoms with Crippen LogP contribution in [-0.2, 0) is 35.3 Å². The molecule has 2 bridgehead atoms.